The molecule has 3 aromatic rings. The Morgan fingerprint density at radius 2 is 1.65 bits per heavy atom. The van der Waals surface area contributed by atoms with Crippen molar-refractivity contribution < 1.29 is 4.79 Å². The van der Waals surface area contributed by atoms with Crippen molar-refractivity contribution in [3.8, 4) is 0 Å². The van der Waals surface area contributed by atoms with E-state index in [1.54, 1.807) is 18.5 Å². The van der Waals surface area contributed by atoms with Crippen molar-refractivity contribution in [2.45, 2.75) is 5.32 Å². The fourth-order valence-electron chi connectivity index (χ4n) is 2.04. The van der Waals surface area contributed by atoms with E-state index in [4.69, 9.17) is 0 Å². The molecule has 0 spiro atoms. The molecule has 0 radical (unpaired) electrons. The van der Waals surface area contributed by atoms with Crippen LogP contribution in [0.3, 0.4) is 0 Å². The average molecular weight is 368 g/mol. The molecule has 0 saturated carbocycles. The van der Waals surface area contributed by atoms with Crippen molar-refractivity contribution in [3.05, 3.63) is 84.3 Å². The number of rotatable bonds is 5. The zero-order valence-corrected chi connectivity index (χ0v) is 14.1. The van der Waals surface area contributed by atoms with E-state index < -0.39 is 0 Å². The van der Waals surface area contributed by atoms with E-state index in [-0.39, 0.29) is 20.9 Å². The first-order chi connectivity index (χ1) is 11.3. The summed E-state index contributed by atoms with van der Waals surface area (Å²) in [6.07, 6.45) is 3.46. The number of aromatic nitrogens is 2. The summed E-state index contributed by atoms with van der Waals surface area (Å²) in [5.41, 5.74) is 1.75. The summed E-state index contributed by atoms with van der Waals surface area (Å²) in [5.74, 6) is 0.437. The van der Waals surface area contributed by atoms with Gasteiger partial charge in [0.05, 0.1) is 0 Å². The van der Waals surface area contributed by atoms with E-state index in [2.05, 4.69) is 15.3 Å². The topological polar surface area (TPSA) is 54.9 Å². The van der Waals surface area contributed by atoms with Gasteiger partial charge in [-0.3, -0.25) is 0 Å². The number of carbonyl (C=O) groups is 1. The summed E-state index contributed by atoms with van der Waals surface area (Å²) in [5, 5.41) is 3.70. The Kier molecular flexibility index (Phi) is 5.14. The average Bonchev–Trinajstić information content (AvgIpc) is 2.62. The molecule has 114 valence electrons. The van der Waals surface area contributed by atoms with Gasteiger partial charge in [-0.1, -0.05) is 0 Å². The Balaban J connectivity index is 1.73. The van der Waals surface area contributed by atoms with Crippen LogP contribution in [0.25, 0.3) is 0 Å². The van der Waals surface area contributed by atoms with Crippen molar-refractivity contribution in [2.75, 3.05) is 5.32 Å². The molecule has 1 N–H and O–H groups in total. The molecule has 0 aliphatic heterocycles. The molecular weight excluding hydrogens is 353 g/mol. The van der Waals surface area contributed by atoms with Gasteiger partial charge in [-0.05, 0) is 0 Å². The zero-order chi connectivity index (χ0) is 15.9. The molecule has 0 fully saturated rings. The van der Waals surface area contributed by atoms with Crippen LogP contribution in [0.1, 0.15) is 16.1 Å². The van der Waals surface area contributed by atoms with E-state index in [1.165, 1.54) is 0 Å². The van der Waals surface area contributed by atoms with E-state index in [0.29, 0.717) is 11.4 Å². The molecule has 1 aromatic carbocycles. The van der Waals surface area contributed by atoms with Crippen LogP contribution in [0.5, 0.6) is 0 Å². The molecule has 4 nitrogen and oxygen atoms in total. The first kappa shape index (κ1) is 15.4. The van der Waals surface area contributed by atoms with Gasteiger partial charge in [-0.15, -0.1) is 0 Å². The molecular formula is C18H15N3OSe. The van der Waals surface area contributed by atoms with Gasteiger partial charge < -0.3 is 0 Å². The molecule has 5 heteroatoms. The van der Waals surface area contributed by atoms with Gasteiger partial charge in [-0.25, -0.2) is 0 Å². The predicted molar refractivity (Wildman–Crippen MR) is 92.0 cm³/mol. The van der Waals surface area contributed by atoms with Crippen LogP contribution in [0.4, 0.5) is 5.82 Å². The standard InChI is InChI=1S/C18H15N3OSe/c22-18(21-17-10-4-6-12-20-17)15-8-1-2-9-16(15)23-13-14-7-3-5-11-19-14/h1-12H,13H2,(H,20,21,22). The summed E-state index contributed by atoms with van der Waals surface area (Å²) in [7, 11) is 0. The molecule has 23 heavy (non-hydrogen) atoms. The van der Waals surface area contributed by atoms with Crippen LogP contribution in [-0.4, -0.2) is 30.8 Å². The Labute approximate surface area is 141 Å². The minimum absolute atomic E-state index is 0.123. The molecule has 1 amide bonds. The SMILES string of the molecule is O=C(Nc1ccccn1)c1ccccc1[Se]Cc1ccccn1. The third-order valence-corrected chi connectivity index (χ3v) is 5.46. The molecule has 2 aromatic heterocycles. The number of pyridine rings is 2. The number of hydrogen-bond donors (Lipinski definition) is 1. The van der Waals surface area contributed by atoms with Gasteiger partial charge in [0.25, 0.3) is 0 Å². The zero-order valence-electron chi connectivity index (χ0n) is 12.3. The fraction of sp³-hybridized carbons (Fsp3) is 0.0556. The summed E-state index contributed by atoms with van der Waals surface area (Å²) in [4.78, 5) is 21.0. The van der Waals surface area contributed by atoms with E-state index >= 15 is 0 Å². The first-order valence-corrected chi connectivity index (χ1v) is 9.24. The fourth-order valence-corrected chi connectivity index (χ4v) is 4.06. The second-order valence-corrected chi connectivity index (χ2v) is 6.91. The van der Waals surface area contributed by atoms with E-state index in [9.17, 15) is 4.79 Å². The van der Waals surface area contributed by atoms with Crippen LogP contribution in [-0.2, 0) is 5.32 Å². The van der Waals surface area contributed by atoms with Gasteiger partial charge >= 0.3 is 141 Å². The molecule has 0 saturated heterocycles. The molecule has 0 aliphatic carbocycles. The predicted octanol–water partition coefficient (Wildman–Crippen LogP) is 2.26. The first-order valence-electron chi connectivity index (χ1n) is 7.17. The Morgan fingerprint density at radius 3 is 2.39 bits per heavy atom. The van der Waals surface area contributed by atoms with Crippen molar-refractivity contribution >= 4 is 31.1 Å². The number of nitrogens with zero attached hydrogens (tertiary/aromatic N) is 2. The van der Waals surface area contributed by atoms with Crippen molar-refractivity contribution in [2.24, 2.45) is 0 Å². The van der Waals surface area contributed by atoms with Gasteiger partial charge in [0, 0.05) is 0 Å². The second kappa shape index (κ2) is 7.68. The van der Waals surface area contributed by atoms with Crippen LogP contribution in [0.15, 0.2) is 73.1 Å². The van der Waals surface area contributed by atoms with Gasteiger partial charge in [0.1, 0.15) is 0 Å². The van der Waals surface area contributed by atoms with Gasteiger partial charge in [0.15, 0.2) is 0 Å². The molecule has 3 rings (SSSR count). The molecule has 0 atom stereocenters. The maximum absolute atomic E-state index is 12.5. The normalized spacial score (nSPS) is 10.3. The summed E-state index contributed by atoms with van der Waals surface area (Å²) in [6, 6.07) is 19.1. The number of carbonyl (C=O) groups excluding carboxylic acids is 1. The third-order valence-electron chi connectivity index (χ3n) is 3.14. The molecule has 0 bridgehead atoms. The van der Waals surface area contributed by atoms with Crippen molar-refractivity contribution in [3.63, 3.8) is 0 Å². The second-order valence-electron chi connectivity index (χ2n) is 4.78. The van der Waals surface area contributed by atoms with Gasteiger partial charge in [-0.2, -0.15) is 0 Å². The maximum atomic E-state index is 12.5. The molecule has 0 aliphatic rings. The van der Waals surface area contributed by atoms with Crippen molar-refractivity contribution in [1.82, 2.24) is 9.97 Å². The minimum atomic E-state index is -0.123. The third kappa shape index (κ3) is 4.25. The van der Waals surface area contributed by atoms with Crippen LogP contribution in [0, 0.1) is 0 Å². The molecule has 0 unspecified atom stereocenters. The number of hydrogen-bond acceptors (Lipinski definition) is 3. The van der Waals surface area contributed by atoms with Crippen LogP contribution >= 0.6 is 0 Å². The van der Waals surface area contributed by atoms with Gasteiger partial charge in [0.2, 0.25) is 0 Å². The monoisotopic (exact) mass is 369 g/mol. The Bertz CT molecular complexity index is 779. The summed E-state index contributed by atoms with van der Waals surface area (Å²) < 4.78 is 1.07. The number of benzene rings is 1. The Hall–Kier alpha value is -2.49. The van der Waals surface area contributed by atoms with Crippen LogP contribution < -0.4 is 9.78 Å². The summed E-state index contributed by atoms with van der Waals surface area (Å²) >= 11 is 0.145. The summed E-state index contributed by atoms with van der Waals surface area (Å²) in [6.45, 7) is 0. The number of nitrogens with one attached hydrogen (secondary N) is 1. The number of anilines is 1. The quantitative estimate of drug-likeness (QED) is 0.703. The van der Waals surface area contributed by atoms with Crippen molar-refractivity contribution in [1.29, 1.82) is 0 Å². The Morgan fingerprint density at radius 1 is 0.913 bits per heavy atom. The molecule has 2 heterocycles. The van der Waals surface area contributed by atoms with E-state index in [0.717, 1.165) is 15.5 Å². The van der Waals surface area contributed by atoms with E-state index in [1.807, 2.05) is 54.6 Å². The number of amides is 1. The van der Waals surface area contributed by atoms with Crippen LogP contribution in [0.2, 0.25) is 0 Å².